The first-order valence-corrected chi connectivity index (χ1v) is 16.3. The molecule has 3 atom stereocenters. The van der Waals surface area contributed by atoms with Crippen molar-refractivity contribution in [2.45, 2.75) is 52.2 Å². The highest BCUT2D eigenvalue weighted by molar-refractivity contribution is 7.80. The van der Waals surface area contributed by atoms with Crippen molar-refractivity contribution < 1.29 is 28.6 Å². The number of fused-ring (bicyclic) bond motifs is 1. The van der Waals surface area contributed by atoms with Crippen LogP contribution in [0, 0.1) is 5.92 Å². The lowest BCUT2D eigenvalue weighted by atomic mass is 10.0. The zero-order valence-electron chi connectivity index (χ0n) is 27.5. The number of benzene rings is 2. The number of anilines is 2. The topological polar surface area (TPSA) is 126 Å². The van der Waals surface area contributed by atoms with Crippen molar-refractivity contribution in [1.29, 1.82) is 0 Å². The van der Waals surface area contributed by atoms with E-state index < -0.39 is 12.1 Å². The van der Waals surface area contributed by atoms with Crippen LogP contribution in [0.1, 0.15) is 40.0 Å². The summed E-state index contributed by atoms with van der Waals surface area (Å²) in [7, 11) is 3.10. The van der Waals surface area contributed by atoms with Gasteiger partial charge in [-0.05, 0) is 44.9 Å². The molecule has 2 aliphatic heterocycles. The summed E-state index contributed by atoms with van der Waals surface area (Å²) < 4.78 is 16.9. The standard InChI is InChI=1S/C34H42N6O6S/c1-21(18-22(2)41)33(47)40-13-9-12-27(40)31(42)36-30-25-19-28(44-4)29(45-5)20-26(25)35-34(37-30)39-16-14-38(15-17-39)32(43)23(3)46-24-10-7-6-8-11-24/h6-8,10-11,19-21,23,27H,9,12-18H2,1-5H3,(H,35,36,37,42)/t21?,23?,27-/m1/s1. The van der Waals surface area contributed by atoms with Crippen LogP contribution in [0.4, 0.5) is 11.8 Å². The van der Waals surface area contributed by atoms with Crippen molar-refractivity contribution in [3.8, 4) is 17.2 Å². The number of carbonyl (C=O) groups excluding carboxylic acids is 3. The molecule has 2 aromatic carbocycles. The SMILES string of the molecule is COc1cc2nc(N3CCN(C(=O)C(C)Oc4ccccc4)CC3)nc(NC(=O)[C@H]3CCCN3C(=S)C(C)CC(C)=O)c2cc1OC. The normalized spacial score (nSPS) is 17.6. The van der Waals surface area contributed by atoms with Gasteiger partial charge in [-0.1, -0.05) is 37.3 Å². The summed E-state index contributed by atoms with van der Waals surface area (Å²) in [6.45, 7) is 7.79. The third-order valence-electron chi connectivity index (χ3n) is 8.56. The third-order valence-corrected chi connectivity index (χ3v) is 9.20. The van der Waals surface area contributed by atoms with Gasteiger partial charge >= 0.3 is 0 Å². The number of Topliss-reactive ketones (excluding diaryl/α,β-unsaturated/α-hetero) is 1. The van der Waals surface area contributed by atoms with E-state index >= 15 is 0 Å². The second-order valence-electron chi connectivity index (χ2n) is 12.0. The molecule has 0 aliphatic carbocycles. The lowest BCUT2D eigenvalue weighted by molar-refractivity contribution is -0.138. The van der Waals surface area contributed by atoms with Crippen molar-refractivity contribution in [2.75, 3.05) is 57.2 Å². The number of amides is 2. The van der Waals surface area contributed by atoms with Gasteiger partial charge in [-0.15, -0.1) is 0 Å². The number of ether oxygens (including phenoxy) is 3. The number of ketones is 1. The first-order chi connectivity index (χ1) is 22.6. The smallest absolute Gasteiger partial charge is 0.263 e. The van der Waals surface area contributed by atoms with Gasteiger partial charge in [-0.2, -0.15) is 4.98 Å². The molecule has 2 unspecified atom stereocenters. The number of aromatic nitrogens is 2. The van der Waals surface area contributed by atoms with Crippen LogP contribution in [0.15, 0.2) is 42.5 Å². The Morgan fingerprint density at radius 3 is 2.32 bits per heavy atom. The maximum Gasteiger partial charge on any atom is 0.263 e. The number of thiocarbonyl (C=S) groups is 1. The van der Waals surface area contributed by atoms with E-state index in [-0.39, 0.29) is 23.5 Å². The molecule has 1 N–H and O–H groups in total. The highest BCUT2D eigenvalue weighted by Gasteiger charge is 2.35. The molecular weight excluding hydrogens is 620 g/mol. The van der Waals surface area contributed by atoms with E-state index in [1.54, 1.807) is 45.1 Å². The van der Waals surface area contributed by atoms with E-state index in [0.717, 1.165) is 6.42 Å². The average Bonchev–Trinajstić information content (AvgIpc) is 3.57. The molecule has 12 nitrogen and oxygen atoms in total. The van der Waals surface area contributed by atoms with Crippen molar-refractivity contribution >= 4 is 57.5 Å². The first kappa shape index (κ1) is 33.8. The molecule has 3 heterocycles. The van der Waals surface area contributed by atoms with E-state index in [2.05, 4.69) is 5.32 Å². The Labute approximate surface area is 280 Å². The number of nitrogens with one attached hydrogen (secondary N) is 1. The van der Waals surface area contributed by atoms with E-state index in [0.29, 0.717) is 90.5 Å². The number of hydrogen-bond donors (Lipinski definition) is 1. The number of hydrogen-bond acceptors (Lipinski definition) is 10. The Morgan fingerprint density at radius 2 is 1.66 bits per heavy atom. The van der Waals surface area contributed by atoms with Gasteiger partial charge in [0.1, 0.15) is 23.4 Å². The molecule has 2 amide bonds. The predicted molar refractivity (Wildman–Crippen MR) is 183 cm³/mol. The van der Waals surface area contributed by atoms with Gasteiger partial charge in [-0.3, -0.25) is 9.59 Å². The summed E-state index contributed by atoms with van der Waals surface area (Å²) in [4.78, 5) is 54.8. The van der Waals surface area contributed by atoms with Crippen molar-refractivity contribution in [2.24, 2.45) is 5.92 Å². The van der Waals surface area contributed by atoms with Crippen LogP contribution < -0.4 is 24.4 Å². The highest BCUT2D eigenvalue weighted by Crippen LogP contribution is 2.36. The van der Waals surface area contributed by atoms with Crippen LogP contribution in [0.2, 0.25) is 0 Å². The summed E-state index contributed by atoms with van der Waals surface area (Å²) in [5.41, 5.74) is 0.570. The van der Waals surface area contributed by atoms with Gasteiger partial charge in [0.2, 0.25) is 11.9 Å². The Morgan fingerprint density at radius 1 is 0.979 bits per heavy atom. The van der Waals surface area contributed by atoms with Crippen LogP contribution in [-0.2, 0) is 14.4 Å². The molecule has 3 aromatic rings. The van der Waals surface area contributed by atoms with Crippen molar-refractivity contribution in [1.82, 2.24) is 19.8 Å². The zero-order chi connectivity index (χ0) is 33.7. The minimum atomic E-state index is -0.626. The summed E-state index contributed by atoms with van der Waals surface area (Å²) in [6.07, 6.45) is 1.15. The van der Waals surface area contributed by atoms with Gasteiger partial charge in [0.25, 0.3) is 5.91 Å². The maximum atomic E-state index is 13.8. The number of carbonyl (C=O) groups is 3. The molecule has 0 spiro atoms. The Kier molecular flexibility index (Phi) is 10.7. The van der Waals surface area contributed by atoms with Gasteiger partial charge < -0.3 is 39.0 Å². The van der Waals surface area contributed by atoms with Crippen molar-refractivity contribution in [3.05, 3.63) is 42.5 Å². The zero-order valence-corrected chi connectivity index (χ0v) is 28.3. The Bertz CT molecular complexity index is 1630. The van der Waals surface area contributed by atoms with E-state index in [1.807, 2.05) is 47.1 Å². The van der Waals surface area contributed by atoms with Gasteiger partial charge in [-0.25, -0.2) is 4.98 Å². The molecule has 1 aromatic heterocycles. The minimum Gasteiger partial charge on any atom is -0.493 e. The first-order valence-electron chi connectivity index (χ1n) is 15.9. The lowest BCUT2D eigenvalue weighted by Gasteiger charge is -2.36. The molecule has 5 rings (SSSR count). The number of para-hydroxylation sites is 1. The van der Waals surface area contributed by atoms with Crippen LogP contribution in [-0.4, -0.2) is 101 Å². The molecule has 47 heavy (non-hydrogen) atoms. The molecule has 2 aliphatic rings. The predicted octanol–water partition coefficient (Wildman–Crippen LogP) is 4.11. The second-order valence-corrected chi connectivity index (χ2v) is 12.4. The summed E-state index contributed by atoms with van der Waals surface area (Å²) in [5, 5.41) is 3.66. The van der Waals surface area contributed by atoms with Crippen LogP contribution in [0.25, 0.3) is 10.9 Å². The van der Waals surface area contributed by atoms with E-state index in [1.165, 1.54) is 0 Å². The van der Waals surface area contributed by atoms with Crippen LogP contribution >= 0.6 is 12.2 Å². The van der Waals surface area contributed by atoms with E-state index in [9.17, 15) is 14.4 Å². The fourth-order valence-electron chi connectivity index (χ4n) is 6.12. The van der Waals surface area contributed by atoms with Crippen LogP contribution in [0.5, 0.6) is 17.2 Å². The number of piperazine rings is 1. The summed E-state index contributed by atoms with van der Waals surface area (Å²) >= 11 is 5.73. The molecule has 0 bridgehead atoms. The molecule has 250 valence electrons. The molecule has 0 radical (unpaired) electrons. The van der Waals surface area contributed by atoms with Crippen LogP contribution in [0.3, 0.4) is 0 Å². The van der Waals surface area contributed by atoms with Gasteiger partial charge in [0, 0.05) is 56.5 Å². The minimum absolute atomic E-state index is 0.0598. The summed E-state index contributed by atoms with van der Waals surface area (Å²) in [6, 6.07) is 12.3. The molecular formula is C34H42N6O6S. The second kappa shape index (κ2) is 14.9. The molecule has 2 fully saturated rings. The fourth-order valence-corrected chi connectivity index (χ4v) is 6.42. The highest BCUT2D eigenvalue weighted by atomic mass is 32.1. The quantitative estimate of drug-likeness (QED) is 0.298. The number of likely N-dealkylation sites (tertiary alicyclic amines) is 1. The van der Waals surface area contributed by atoms with Crippen molar-refractivity contribution in [3.63, 3.8) is 0 Å². The summed E-state index contributed by atoms with van der Waals surface area (Å²) in [5.74, 6) is 1.99. The number of methoxy groups -OCH3 is 2. The number of nitrogens with zero attached hydrogens (tertiary/aromatic N) is 5. The third kappa shape index (κ3) is 7.73. The number of rotatable bonds is 11. The Balaban J connectivity index is 1.36. The monoisotopic (exact) mass is 662 g/mol. The average molecular weight is 663 g/mol. The van der Waals surface area contributed by atoms with E-state index in [4.69, 9.17) is 36.4 Å². The largest absolute Gasteiger partial charge is 0.493 e. The lowest BCUT2D eigenvalue weighted by Crippen LogP contribution is -2.52. The maximum absolute atomic E-state index is 13.8. The Hall–Kier alpha value is -4.52. The van der Waals surface area contributed by atoms with Gasteiger partial charge in [0.05, 0.1) is 24.7 Å². The molecule has 2 saturated heterocycles. The fraction of sp³-hybridized carbons (Fsp3) is 0.471. The molecule has 0 saturated carbocycles. The van der Waals surface area contributed by atoms with Gasteiger partial charge in [0.15, 0.2) is 17.6 Å². The molecule has 13 heteroatoms.